The average Bonchev–Trinajstić information content (AvgIpc) is 2.80. The van der Waals surface area contributed by atoms with E-state index in [1.165, 1.54) is 0 Å². The lowest BCUT2D eigenvalue weighted by atomic mass is 10.2. The number of para-hydroxylation sites is 3. The number of ether oxygens (including phenoxy) is 1. The van der Waals surface area contributed by atoms with E-state index in [1.807, 2.05) is 36.4 Å². The standard InChI is InChI=1S/C21H21N7O/c1-29-19-9-5-4-8-18(19)27-10-12-28(13-11-27)21-25-20(15-23-26-21)24-17-7-3-2-6-16(17)14-22/h2-9,15H,10-13H2,1H3,(H,24,25,26). The molecule has 3 aromatic rings. The van der Waals surface area contributed by atoms with Crippen LogP contribution < -0.4 is 19.9 Å². The van der Waals surface area contributed by atoms with Crippen LogP contribution in [-0.4, -0.2) is 48.5 Å². The normalized spacial score (nSPS) is 13.7. The Hall–Kier alpha value is -3.86. The highest BCUT2D eigenvalue weighted by atomic mass is 16.5. The molecule has 1 N–H and O–H groups in total. The molecule has 0 aliphatic carbocycles. The fraction of sp³-hybridized carbons (Fsp3) is 0.238. The van der Waals surface area contributed by atoms with Crippen LogP contribution in [0.25, 0.3) is 0 Å². The van der Waals surface area contributed by atoms with Gasteiger partial charge in [-0.3, -0.25) is 0 Å². The monoisotopic (exact) mass is 387 g/mol. The van der Waals surface area contributed by atoms with Crippen molar-refractivity contribution >= 4 is 23.1 Å². The zero-order chi connectivity index (χ0) is 20.1. The molecule has 0 radical (unpaired) electrons. The molecule has 1 aromatic heterocycles. The van der Waals surface area contributed by atoms with Gasteiger partial charge in [0.25, 0.3) is 0 Å². The van der Waals surface area contributed by atoms with Crippen molar-refractivity contribution in [1.82, 2.24) is 15.2 Å². The maximum atomic E-state index is 9.25. The van der Waals surface area contributed by atoms with Crippen LogP contribution in [0.1, 0.15) is 5.56 Å². The number of benzene rings is 2. The summed E-state index contributed by atoms with van der Waals surface area (Å²) < 4.78 is 5.48. The minimum atomic E-state index is 0.554. The summed E-state index contributed by atoms with van der Waals surface area (Å²) in [4.78, 5) is 9.00. The highest BCUT2D eigenvalue weighted by Crippen LogP contribution is 2.29. The molecule has 0 saturated carbocycles. The van der Waals surface area contributed by atoms with E-state index in [2.05, 4.69) is 42.4 Å². The quantitative estimate of drug-likeness (QED) is 0.715. The first-order chi connectivity index (χ1) is 14.3. The number of rotatable bonds is 5. The molecule has 0 bridgehead atoms. The van der Waals surface area contributed by atoms with Gasteiger partial charge in [0.15, 0.2) is 5.82 Å². The van der Waals surface area contributed by atoms with E-state index in [-0.39, 0.29) is 0 Å². The fourth-order valence-corrected chi connectivity index (χ4v) is 3.35. The molecule has 8 heteroatoms. The van der Waals surface area contributed by atoms with Gasteiger partial charge >= 0.3 is 0 Å². The number of hydrogen-bond donors (Lipinski definition) is 1. The van der Waals surface area contributed by atoms with E-state index in [1.54, 1.807) is 19.4 Å². The van der Waals surface area contributed by atoms with Gasteiger partial charge in [-0.25, -0.2) is 0 Å². The summed E-state index contributed by atoms with van der Waals surface area (Å²) in [6.45, 7) is 3.22. The van der Waals surface area contributed by atoms with Gasteiger partial charge in [-0.05, 0) is 24.3 Å². The molecule has 1 saturated heterocycles. The van der Waals surface area contributed by atoms with E-state index in [0.29, 0.717) is 23.0 Å². The average molecular weight is 387 g/mol. The summed E-state index contributed by atoms with van der Waals surface area (Å²) in [5.41, 5.74) is 2.35. The second-order valence-corrected chi connectivity index (χ2v) is 6.57. The zero-order valence-corrected chi connectivity index (χ0v) is 16.1. The van der Waals surface area contributed by atoms with Gasteiger partial charge in [0.05, 0.1) is 30.2 Å². The predicted octanol–water partition coefficient (Wildman–Crippen LogP) is 2.82. The number of nitrogens with one attached hydrogen (secondary N) is 1. The van der Waals surface area contributed by atoms with Gasteiger partial charge in [0.2, 0.25) is 5.95 Å². The Morgan fingerprint density at radius 1 is 1.00 bits per heavy atom. The van der Waals surface area contributed by atoms with Crippen molar-refractivity contribution in [2.75, 3.05) is 48.4 Å². The highest BCUT2D eigenvalue weighted by Gasteiger charge is 2.21. The number of nitriles is 1. The Labute approximate surface area is 169 Å². The van der Waals surface area contributed by atoms with E-state index in [4.69, 9.17) is 4.74 Å². The van der Waals surface area contributed by atoms with Crippen molar-refractivity contribution in [3.8, 4) is 11.8 Å². The zero-order valence-electron chi connectivity index (χ0n) is 16.1. The fourth-order valence-electron chi connectivity index (χ4n) is 3.35. The van der Waals surface area contributed by atoms with Crippen LogP contribution in [0.15, 0.2) is 54.7 Å². The Morgan fingerprint density at radius 2 is 1.72 bits per heavy atom. The van der Waals surface area contributed by atoms with E-state index in [9.17, 15) is 5.26 Å². The molecule has 0 atom stereocenters. The molecule has 0 spiro atoms. The molecule has 2 aromatic carbocycles. The number of anilines is 4. The predicted molar refractivity (Wildman–Crippen MR) is 112 cm³/mol. The maximum absolute atomic E-state index is 9.25. The van der Waals surface area contributed by atoms with Crippen LogP contribution in [0.3, 0.4) is 0 Å². The van der Waals surface area contributed by atoms with Gasteiger partial charge in [-0.1, -0.05) is 24.3 Å². The molecular formula is C21H21N7O. The number of piperazine rings is 1. The summed E-state index contributed by atoms with van der Waals surface area (Å²) in [6.07, 6.45) is 1.56. The first-order valence-electron chi connectivity index (χ1n) is 9.37. The largest absolute Gasteiger partial charge is 0.495 e. The molecule has 2 heterocycles. The number of methoxy groups -OCH3 is 1. The Kier molecular flexibility index (Phi) is 5.38. The minimum Gasteiger partial charge on any atom is -0.495 e. The van der Waals surface area contributed by atoms with Crippen LogP contribution in [0.4, 0.5) is 23.1 Å². The Balaban J connectivity index is 1.45. The minimum absolute atomic E-state index is 0.554. The van der Waals surface area contributed by atoms with Crippen LogP contribution in [-0.2, 0) is 0 Å². The van der Waals surface area contributed by atoms with Gasteiger partial charge in [0, 0.05) is 26.2 Å². The van der Waals surface area contributed by atoms with Crippen molar-refractivity contribution < 1.29 is 4.74 Å². The molecule has 1 aliphatic rings. The highest BCUT2D eigenvalue weighted by molar-refractivity contribution is 5.64. The lowest BCUT2D eigenvalue weighted by Crippen LogP contribution is -2.47. The first kappa shape index (κ1) is 18.5. The van der Waals surface area contributed by atoms with Crippen molar-refractivity contribution in [3.05, 3.63) is 60.3 Å². The smallest absolute Gasteiger partial charge is 0.247 e. The summed E-state index contributed by atoms with van der Waals surface area (Å²) >= 11 is 0. The Morgan fingerprint density at radius 3 is 2.52 bits per heavy atom. The van der Waals surface area contributed by atoms with E-state index < -0.39 is 0 Å². The van der Waals surface area contributed by atoms with Gasteiger partial charge < -0.3 is 19.9 Å². The molecule has 0 unspecified atom stereocenters. The SMILES string of the molecule is COc1ccccc1N1CCN(c2nncc(Nc3ccccc3C#N)n2)CC1. The van der Waals surface area contributed by atoms with Crippen molar-refractivity contribution in [2.24, 2.45) is 0 Å². The van der Waals surface area contributed by atoms with Crippen molar-refractivity contribution in [2.45, 2.75) is 0 Å². The summed E-state index contributed by atoms with van der Waals surface area (Å²) in [6, 6.07) is 17.5. The van der Waals surface area contributed by atoms with E-state index in [0.717, 1.165) is 37.6 Å². The molecule has 1 fully saturated rings. The van der Waals surface area contributed by atoms with Crippen LogP contribution in [0.2, 0.25) is 0 Å². The summed E-state index contributed by atoms with van der Waals surface area (Å²) in [5, 5.41) is 20.7. The molecule has 146 valence electrons. The third-order valence-corrected chi connectivity index (χ3v) is 4.85. The molecule has 29 heavy (non-hydrogen) atoms. The third-order valence-electron chi connectivity index (χ3n) is 4.85. The summed E-state index contributed by atoms with van der Waals surface area (Å²) in [7, 11) is 1.69. The van der Waals surface area contributed by atoms with Crippen molar-refractivity contribution in [3.63, 3.8) is 0 Å². The van der Waals surface area contributed by atoms with E-state index >= 15 is 0 Å². The topological polar surface area (TPSA) is 90.2 Å². The van der Waals surface area contributed by atoms with Crippen LogP contribution >= 0.6 is 0 Å². The molecular weight excluding hydrogens is 366 g/mol. The number of hydrogen-bond acceptors (Lipinski definition) is 8. The van der Waals surface area contributed by atoms with Crippen LogP contribution in [0, 0.1) is 11.3 Å². The van der Waals surface area contributed by atoms with Crippen molar-refractivity contribution in [1.29, 1.82) is 5.26 Å². The maximum Gasteiger partial charge on any atom is 0.247 e. The Bertz CT molecular complexity index is 1030. The first-order valence-corrected chi connectivity index (χ1v) is 9.37. The van der Waals surface area contributed by atoms with Gasteiger partial charge in [0.1, 0.15) is 11.8 Å². The third kappa shape index (κ3) is 4.04. The molecule has 1 aliphatic heterocycles. The van der Waals surface area contributed by atoms with Crippen LogP contribution in [0.5, 0.6) is 5.75 Å². The number of nitrogens with zero attached hydrogens (tertiary/aromatic N) is 6. The second-order valence-electron chi connectivity index (χ2n) is 6.57. The lowest BCUT2D eigenvalue weighted by Gasteiger charge is -2.36. The molecule has 8 nitrogen and oxygen atoms in total. The summed E-state index contributed by atoms with van der Waals surface area (Å²) in [5.74, 6) is 2.01. The second kappa shape index (κ2) is 8.44. The van der Waals surface area contributed by atoms with Gasteiger partial charge in [-0.2, -0.15) is 15.3 Å². The lowest BCUT2D eigenvalue weighted by molar-refractivity contribution is 0.413. The molecule has 4 rings (SSSR count). The molecule has 0 amide bonds. The number of aromatic nitrogens is 3. The van der Waals surface area contributed by atoms with Gasteiger partial charge in [-0.15, -0.1) is 5.10 Å².